The zero-order valence-electron chi connectivity index (χ0n) is 13.8. The van der Waals surface area contributed by atoms with E-state index in [-0.39, 0.29) is 0 Å². The number of halogens is 2. The fraction of sp³-hybridized carbons (Fsp3) is 0.312. The fourth-order valence-electron chi connectivity index (χ4n) is 2.78. The minimum atomic E-state index is -2.74. The molecule has 3 aromatic heterocycles. The van der Waals surface area contributed by atoms with Gasteiger partial charge in [0.05, 0.1) is 23.5 Å². The molecule has 26 heavy (non-hydrogen) atoms. The molecule has 1 aliphatic carbocycles. The predicted octanol–water partition coefficient (Wildman–Crippen LogP) is 2.50. The first-order valence-electron chi connectivity index (χ1n) is 7.96. The van der Waals surface area contributed by atoms with Crippen molar-refractivity contribution < 1.29 is 13.6 Å². The lowest BCUT2D eigenvalue weighted by Gasteiger charge is -2.33. The van der Waals surface area contributed by atoms with Crippen LogP contribution < -0.4 is 5.32 Å². The molecule has 1 fully saturated rings. The van der Waals surface area contributed by atoms with Crippen LogP contribution in [0.2, 0.25) is 0 Å². The Morgan fingerprint density at radius 3 is 2.81 bits per heavy atom. The predicted molar refractivity (Wildman–Crippen MR) is 88.0 cm³/mol. The van der Waals surface area contributed by atoms with Crippen molar-refractivity contribution in [1.82, 2.24) is 29.5 Å². The summed E-state index contributed by atoms with van der Waals surface area (Å²) in [5.74, 6) is -3.50. The molecule has 0 atom stereocenters. The van der Waals surface area contributed by atoms with Gasteiger partial charge in [-0.3, -0.25) is 9.48 Å². The molecule has 8 nitrogen and oxygen atoms in total. The molecule has 0 amide bonds. The minimum Gasteiger partial charge on any atom is -0.321 e. The van der Waals surface area contributed by atoms with Crippen LogP contribution in [0.15, 0.2) is 36.9 Å². The van der Waals surface area contributed by atoms with E-state index < -0.39 is 30.6 Å². The summed E-state index contributed by atoms with van der Waals surface area (Å²) < 4.78 is 28.6. The largest absolute Gasteiger partial charge is 0.321 e. The second-order valence-corrected chi connectivity index (χ2v) is 6.24. The van der Waals surface area contributed by atoms with E-state index in [2.05, 4.69) is 25.5 Å². The van der Waals surface area contributed by atoms with E-state index in [9.17, 15) is 13.6 Å². The molecule has 4 rings (SSSR count). The van der Waals surface area contributed by atoms with Crippen LogP contribution in [0.25, 0.3) is 11.4 Å². The highest BCUT2D eigenvalue weighted by atomic mass is 19.3. The third kappa shape index (κ3) is 3.17. The molecule has 0 radical (unpaired) electrons. The van der Waals surface area contributed by atoms with E-state index in [0.29, 0.717) is 17.3 Å². The van der Waals surface area contributed by atoms with Gasteiger partial charge in [-0.05, 0) is 12.1 Å². The monoisotopic (exact) mass is 359 g/mol. The molecule has 1 aliphatic rings. The fourth-order valence-corrected chi connectivity index (χ4v) is 2.78. The van der Waals surface area contributed by atoms with Crippen LogP contribution in [0.4, 0.5) is 20.4 Å². The van der Waals surface area contributed by atoms with Crippen molar-refractivity contribution in [1.29, 1.82) is 0 Å². The highest BCUT2D eigenvalue weighted by Gasteiger charge is 2.49. The van der Waals surface area contributed by atoms with E-state index in [0.717, 1.165) is 10.4 Å². The van der Waals surface area contributed by atoms with Gasteiger partial charge in [-0.1, -0.05) is 0 Å². The zero-order valence-corrected chi connectivity index (χ0v) is 13.8. The van der Waals surface area contributed by atoms with Crippen molar-refractivity contribution in [3.63, 3.8) is 0 Å². The van der Waals surface area contributed by atoms with Crippen LogP contribution in [-0.4, -0.2) is 41.4 Å². The Morgan fingerprint density at radius 2 is 2.12 bits per heavy atom. The van der Waals surface area contributed by atoms with Crippen LogP contribution in [0.1, 0.15) is 17.6 Å². The van der Waals surface area contributed by atoms with Crippen molar-refractivity contribution >= 4 is 17.5 Å². The molecule has 0 unspecified atom stereocenters. The summed E-state index contributed by atoms with van der Waals surface area (Å²) in [7, 11) is 1.80. The number of nitrogens with one attached hydrogen (secondary N) is 1. The molecule has 0 bridgehead atoms. The van der Waals surface area contributed by atoms with Gasteiger partial charge < -0.3 is 5.32 Å². The molecule has 0 aromatic carbocycles. The maximum Gasteiger partial charge on any atom is 0.250 e. The molecule has 1 N–H and O–H groups in total. The van der Waals surface area contributed by atoms with Gasteiger partial charge in [-0.25, -0.2) is 23.4 Å². The van der Waals surface area contributed by atoms with Gasteiger partial charge in [-0.2, -0.15) is 10.2 Å². The molecule has 0 saturated heterocycles. The lowest BCUT2D eigenvalue weighted by Crippen LogP contribution is -2.42. The maximum absolute atomic E-state index is 12.9. The summed E-state index contributed by atoms with van der Waals surface area (Å²) in [5.41, 5.74) is 1.70. The average Bonchev–Trinajstić information content (AvgIpc) is 3.21. The maximum atomic E-state index is 12.9. The standard InChI is InChI=1S/C16H15F2N7O/c1-24-9-11(8-20-24)21-15-19-4-2-12(22-15)13-3-5-25(23-13)14(26)10-6-16(17,18)7-10/h2-5,8-10H,6-7H2,1H3,(H,19,21,22). The van der Waals surface area contributed by atoms with E-state index in [1.807, 2.05) is 0 Å². The van der Waals surface area contributed by atoms with Crippen molar-refractivity contribution in [3.8, 4) is 11.4 Å². The third-order valence-electron chi connectivity index (χ3n) is 4.13. The number of alkyl halides is 2. The number of aromatic nitrogens is 6. The summed E-state index contributed by atoms with van der Waals surface area (Å²) >= 11 is 0. The van der Waals surface area contributed by atoms with Crippen molar-refractivity contribution in [2.75, 3.05) is 5.32 Å². The van der Waals surface area contributed by atoms with Crippen LogP contribution in [0.5, 0.6) is 0 Å². The van der Waals surface area contributed by atoms with E-state index in [4.69, 9.17) is 0 Å². The second kappa shape index (κ2) is 5.97. The molecule has 0 spiro atoms. The Morgan fingerprint density at radius 1 is 1.31 bits per heavy atom. The molecular weight excluding hydrogens is 344 g/mol. The molecule has 0 aliphatic heterocycles. The molecule has 10 heteroatoms. The molecule has 3 aromatic rings. The number of rotatable bonds is 4. The Hall–Kier alpha value is -3.17. The quantitative estimate of drug-likeness (QED) is 0.770. The summed E-state index contributed by atoms with van der Waals surface area (Å²) in [4.78, 5) is 20.7. The Balaban J connectivity index is 1.50. The lowest BCUT2D eigenvalue weighted by atomic mass is 9.81. The summed E-state index contributed by atoms with van der Waals surface area (Å²) in [6.45, 7) is 0. The van der Waals surface area contributed by atoms with Gasteiger partial charge in [0.25, 0.3) is 0 Å². The highest BCUT2D eigenvalue weighted by Crippen LogP contribution is 2.43. The SMILES string of the molecule is Cn1cc(Nc2nccc(-c3ccn(C(=O)C4CC(F)(F)C4)n3)n2)cn1. The number of carbonyl (C=O) groups is 1. The first-order valence-corrected chi connectivity index (χ1v) is 7.96. The summed E-state index contributed by atoms with van der Waals surface area (Å²) in [6.07, 6.45) is 5.59. The Labute approximate surface area is 146 Å². The number of hydrogen-bond acceptors (Lipinski definition) is 6. The second-order valence-electron chi connectivity index (χ2n) is 6.24. The lowest BCUT2D eigenvalue weighted by molar-refractivity contribution is -0.100. The van der Waals surface area contributed by atoms with E-state index in [1.54, 1.807) is 42.5 Å². The summed E-state index contributed by atoms with van der Waals surface area (Å²) in [5, 5.41) is 11.2. The first-order chi connectivity index (χ1) is 12.4. The van der Waals surface area contributed by atoms with Gasteiger partial charge in [0.15, 0.2) is 0 Å². The minimum absolute atomic E-state index is 0.356. The van der Waals surface area contributed by atoms with Gasteiger partial charge >= 0.3 is 0 Å². The van der Waals surface area contributed by atoms with Gasteiger partial charge in [0.2, 0.25) is 17.8 Å². The number of hydrogen-bond donors (Lipinski definition) is 1. The highest BCUT2D eigenvalue weighted by molar-refractivity contribution is 5.82. The van der Waals surface area contributed by atoms with E-state index >= 15 is 0 Å². The molecule has 1 saturated carbocycles. The summed E-state index contributed by atoms with van der Waals surface area (Å²) in [6, 6.07) is 3.27. The first kappa shape index (κ1) is 16.3. The van der Waals surface area contributed by atoms with Crippen LogP contribution in [-0.2, 0) is 7.05 Å². The Kier molecular flexibility index (Phi) is 3.74. The molecule has 3 heterocycles. The third-order valence-corrected chi connectivity index (χ3v) is 4.13. The number of aryl methyl sites for hydroxylation is 1. The van der Waals surface area contributed by atoms with Gasteiger partial charge in [0, 0.05) is 38.5 Å². The number of anilines is 2. The van der Waals surface area contributed by atoms with Crippen LogP contribution >= 0.6 is 0 Å². The van der Waals surface area contributed by atoms with Crippen molar-refractivity contribution in [2.45, 2.75) is 18.8 Å². The van der Waals surface area contributed by atoms with Crippen molar-refractivity contribution in [2.24, 2.45) is 13.0 Å². The van der Waals surface area contributed by atoms with Gasteiger partial charge in [-0.15, -0.1) is 0 Å². The normalized spacial score (nSPS) is 16.3. The smallest absolute Gasteiger partial charge is 0.250 e. The zero-order chi connectivity index (χ0) is 18.3. The number of carbonyl (C=O) groups excluding carboxylic acids is 1. The molecule has 134 valence electrons. The molecular formula is C16H15F2N7O. The number of nitrogens with zero attached hydrogens (tertiary/aromatic N) is 6. The Bertz CT molecular complexity index is 957. The van der Waals surface area contributed by atoms with Crippen LogP contribution in [0.3, 0.4) is 0 Å². The topological polar surface area (TPSA) is 90.5 Å². The van der Waals surface area contributed by atoms with Crippen molar-refractivity contribution in [3.05, 3.63) is 36.9 Å². The van der Waals surface area contributed by atoms with Crippen LogP contribution in [0, 0.1) is 5.92 Å². The average molecular weight is 359 g/mol. The van der Waals surface area contributed by atoms with Gasteiger partial charge in [0.1, 0.15) is 5.69 Å². The van der Waals surface area contributed by atoms with E-state index in [1.165, 1.54) is 6.20 Å².